The third-order valence-corrected chi connectivity index (χ3v) is 3.30. The van der Waals surface area contributed by atoms with Crippen LogP contribution in [0.1, 0.15) is 38.7 Å². The van der Waals surface area contributed by atoms with Crippen LogP contribution in [0.5, 0.6) is 5.75 Å². The van der Waals surface area contributed by atoms with Gasteiger partial charge in [-0.2, -0.15) is 4.79 Å². The van der Waals surface area contributed by atoms with E-state index < -0.39 is 0 Å². The van der Waals surface area contributed by atoms with Gasteiger partial charge in [-0.3, -0.25) is 4.79 Å². The van der Waals surface area contributed by atoms with Gasteiger partial charge >= 0.3 is 5.71 Å². The number of para-hydroxylation sites is 1. The molecule has 0 saturated heterocycles. The molecule has 0 aliphatic rings. The van der Waals surface area contributed by atoms with Crippen LogP contribution in [-0.2, 0) is 4.79 Å². The molecule has 0 aliphatic heterocycles. The second-order valence-electron chi connectivity index (χ2n) is 4.91. The third-order valence-electron chi connectivity index (χ3n) is 3.30. The van der Waals surface area contributed by atoms with Crippen LogP contribution < -0.4 is 4.74 Å². The molecule has 0 bridgehead atoms. The van der Waals surface area contributed by atoms with Gasteiger partial charge in [-0.05, 0) is 23.5 Å². The van der Waals surface area contributed by atoms with Gasteiger partial charge in [0.25, 0.3) is 0 Å². The zero-order chi connectivity index (χ0) is 14.4. The van der Waals surface area contributed by atoms with Crippen LogP contribution >= 0.6 is 0 Å². The van der Waals surface area contributed by atoms with Crippen LogP contribution in [0.15, 0.2) is 24.3 Å². The lowest BCUT2D eigenvalue weighted by molar-refractivity contribution is -0.117. The summed E-state index contributed by atoms with van der Waals surface area (Å²) in [5, 5.41) is 0. The van der Waals surface area contributed by atoms with Gasteiger partial charge in [0.15, 0.2) is 0 Å². The number of ether oxygens (including phenoxy) is 1. The maximum Gasteiger partial charge on any atom is 0.331 e. The number of benzene rings is 1. The minimum atomic E-state index is -0.146. The maximum atomic E-state index is 11.9. The van der Waals surface area contributed by atoms with E-state index in [9.17, 15) is 4.79 Å². The van der Waals surface area contributed by atoms with Crippen LogP contribution in [0.25, 0.3) is 5.53 Å². The fourth-order valence-electron chi connectivity index (χ4n) is 2.08. The Kier molecular flexibility index (Phi) is 5.46. The summed E-state index contributed by atoms with van der Waals surface area (Å²) in [4.78, 5) is 14.9. The molecule has 102 valence electrons. The van der Waals surface area contributed by atoms with Crippen LogP contribution in [0.4, 0.5) is 0 Å². The molecule has 4 heteroatoms. The Hall–Kier alpha value is -1.93. The first-order valence-electron chi connectivity index (χ1n) is 6.36. The first kappa shape index (κ1) is 15.1. The highest BCUT2D eigenvalue weighted by Crippen LogP contribution is 2.34. The molecule has 0 radical (unpaired) electrons. The summed E-state index contributed by atoms with van der Waals surface area (Å²) >= 11 is 0. The first-order valence-corrected chi connectivity index (χ1v) is 6.36. The van der Waals surface area contributed by atoms with E-state index in [1.165, 1.54) is 6.92 Å². The van der Waals surface area contributed by atoms with Crippen LogP contribution in [0.2, 0.25) is 0 Å². The molecule has 0 spiro atoms. The lowest BCUT2D eigenvalue weighted by Gasteiger charge is -2.22. The molecule has 1 aromatic rings. The van der Waals surface area contributed by atoms with Gasteiger partial charge in [0.05, 0.1) is 7.11 Å². The van der Waals surface area contributed by atoms with Crippen molar-refractivity contribution in [1.82, 2.24) is 0 Å². The number of ketones is 1. The van der Waals surface area contributed by atoms with E-state index in [0.29, 0.717) is 6.42 Å². The average molecular weight is 260 g/mol. The second-order valence-corrected chi connectivity index (χ2v) is 4.91. The van der Waals surface area contributed by atoms with Crippen molar-refractivity contribution in [2.75, 3.05) is 7.11 Å². The molecule has 1 atom stereocenters. The Morgan fingerprint density at radius 1 is 1.37 bits per heavy atom. The van der Waals surface area contributed by atoms with Crippen molar-refractivity contribution in [3.8, 4) is 5.75 Å². The maximum absolute atomic E-state index is 11.9. The zero-order valence-electron chi connectivity index (χ0n) is 11.9. The molecule has 0 fully saturated rings. The standard InChI is InChI=1S/C15H20N2O2/c1-10(2)13(9-14(18)11(3)17-16)12-7-5-6-8-15(12)19-4/h5-8,10,13H,9H2,1-4H3. The molecule has 1 unspecified atom stereocenters. The normalized spacial score (nSPS) is 11.8. The number of methoxy groups -OCH3 is 1. The third kappa shape index (κ3) is 3.76. The number of carbonyl (C=O) groups is 1. The molecular formula is C15H20N2O2. The lowest BCUT2D eigenvalue weighted by atomic mass is 9.83. The smallest absolute Gasteiger partial charge is 0.331 e. The van der Waals surface area contributed by atoms with Crippen LogP contribution in [-0.4, -0.2) is 23.4 Å². The fourth-order valence-corrected chi connectivity index (χ4v) is 2.08. The van der Waals surface area contributed by atoms with E-state index in [1.807, 2.05) is 24.3 Å². The highest BCUT2D eigenvalue weighted by molar-refractivity contribution is 6.36. The van der Waals surface area contributed by atoms with Gasteiger partial charge < -0.3 is 10.3 Å². The van der Waals surface area contributed by atoms with E-state index in [4.69, 9.17) is 10.3 Å². The average Bonchev–Trinajstić information content (AvgIpc) is 2.43. The zero-order valence-corrected chi connectivity index (χ0v) is 11.9. The van der Waals surface area contributed by atoms with Gasteiger partial charge in [0, 0.05) is 13.3 Å². The van der Waals surface area contributed by atoms with Crippen molar-refractivity contribution in [1.29, 1.82) is 0 Å². The largest absolute Gasteiger partial charge is 0.496 e. The minimum Gasteiger partial charge on any atom is -0.496 e. The summed E-state index contributed by atoms with van der Waals surface area (Å²) in [7, 11) is 1.62. The van der Waals surface area contributed by atoms with Crippen molar-refractivity contribution in [3.63, 3.8) is 0 Å². The Labute approximate surface area is 114 Å². The molecule has 0 N–H and O–H groups in total. The molecular weight excluding hydrogens is 240 g/mol. The fraction of sp³-hybridized carbons (Fsp3) is 0.467. The molecule has 1 rings (SSSR count). The molecule has 19 heavy (non-hydrogen) atoms. The van der Waals surface area contributed by atoms with E-state index in [-0.39, 0.29) is 23.3 Å². The van der Waals surface area contributed by atoms with Gasteiger partial charge in [0.2, 0.25) is 5.78 Å². The summed E-state index contributed by atoms with van der Waals surface area (Å²) in [6, 6.07) is 7.71. The summed E-state index contributed by atoms with van der Waals surface area (Å²) in [6.45, 7) is 5.65. The van der Waals surface area contributed by atoms with Crippen molar-refractivity contribution >= 4 is 11.5 Å². The van der Waals surface area contributed by atoms with Gasteiger partial charge in [-0.1, -0.05) is 32.0 Å². The van der Waals surface area contributed by atoms with E-state index in [1.54, 1.807) is 7.11 Å². The van der Waals surface area contributed by atoms with Crippen molar-refractivity contribution < 1.29 is 14.3 Å². The van der Waals surface area contributed by atoms with Gasteiger partial charge in [-0.25, -0.2) is 0 Å². The lowest BCUT2D eigenvalue weighted by Crippen LogP contribution is -2.19. The Balaban J connectivity index is 3.08. The van der Waals surface area contributed by atoms with E-state index in [0.717, 1.165) is 11.3 Å². The predicted molar refractivity (Wildman–Crippen MR) is 74.5 cm³/mol. The number of Topliss-reactive ketones (excluding diaryl/α,β-unsaturated/α-hetero) is 1. The first-order chi connectivity index (χ1) is 9.01. The van der Waals surface area contributed by atoms with Crippen molar-refractivity contribution in [3.05, 3.63) is 35.4 Å². The molecule has 0 aliphatic carbocycles. The quantitative estimate of drug-likeness (QED) is 0.448. The van der Waals surface area contributed by atoms with Crippen LogP contribution in [0.3, 0.4) is 0 Å². The van der Waals surface area contributed by atoms with Crippen molar-refractivity contribution in [2.24, 2.45) is 5.92 Å². The number of nitrogens with zero attached hydrogens (tertiary/aromatic N) is 2. The summed E-state index contributed by atoms with van der Waals surface area (Å²) < 4.78 is 5.35. The minimum absolute atomic E-state index is 0.0420. The summed E-state index contributed by atoms with van der Waals surface area (Å²) in [5.74, 6) is 0.965. The Bertz CT molecular complexity index is 503. The molecule has 1 aromatic carbocycles. The molecule has 0 saturated carbocycles. The monoisotopic (exact) mass is 260 g/mol. The molecule has 0 aromatic heterocycles. The highest BCUT2D eigenvalue weighted by Gasteiger charge is 2.25. The summed E-state index contributed by atoms with van der Waals surface area (Å²) in [5.41, 5.74) is 9.82. The number of hydrogen-bond acceptors (Lipinski definition) is 2. The topological polar surface area (TPSA) is 62.7 Å². The second kappa shape index (κ2) is 6.86. The highest BCUT2D eigenvalue weighted by atomic mass is 16.5. The predicted octanol–water partition coefficient (Wildman–Crippen LogP) is 3.08. The molecule has 4 nitrogen and oxygen atoms in total. The van der Waals surface area contributed by atoms with E-state index in [2.05, 4.69) is 18.6 Å². The Morgan fingerprint density at radius 2 is 2.00 bits per heavy atom. The van der Waals surface area contributed by atoms with E-state index >= 15 is 0 Å². The molecule has 0 amide bonds. The van der Waals surface area contributed by atoms with Gasteiger partial charge in [0.1, 0.15) is 5.75 Å². The summed E-state index contributed by atoms with van der Waals surface area (Å²) in [6.07, 6.45) is 0.313. The number of rotatable bonds is 6. The molecule has 0 heterocycles. The van der Waals surface area contributed by atoms with Crippen molar-refractivity contribution in [2.45, 2.75) is 33.1 Å². The Morgan fingerprint density at radius 3 is 2.53 bits per heavy atom. The number of carbonyl (C=O) groups excluding carboxylic acids is 1. The SMILES string of the molecule is COc1ccccc1C(CC(=O)C(C)=[N+]=[N-])C(C)C. The number of hydrogen-bond donors (Lipinski definition) is 0. The van der Waals surface area contributed by atoms with Gasteiger partial charge in [-0.15, -0.1) is 0 Å². The van der Waals surface area contributed by atoms with Crippen LogP contribution in [0, 0.1) is 5.92 Å².